The summed E-state index contributed by atoms with van der Waals surface area (Å²) < 4.78 is 5.59. The van der Waals surface area contributed by atoms with Crippen molar-refractivity contribution in [2.24, 2.45) is 0 Å². The number of fused-ring (bicyclic) bond motifs is 1. The third-order valence-corrected chi connectivity index (χ3v) is 6.19. The Hall–Kier alpha value is -2.67. The fourth-order valence-corrected chi connectivity index (χ4v) is 4.62. The van der Waals surface area contributed by atoms with Crippen LogP contribution >= 0.6 is 0 Å². The van der Waals surface area contributed by atoms with Gasteiger partial charge in [0.25, 0.3) is 0 Å². The lowest BCUT2D eigenvalue weighted by molar-refractivity contribution is -0.129. The molecule has 1 fully saturated rings. The van der Waals surface area contributed by atoms with Crippen molar-refractivity contribution in [3.05, 3.63) is 46.4 Å². The van der Waals surface area contributed by atoms with E-state index >= 15 is 0 Å². The molecular formula is C23H31N5O2. The van der Waals surface area contributed by atoms with Gasteiger partial charge in [0.15, 0.2) is 5.82 Å². The van der Waals surface area contributed by atoms with Crippen LogP contribution in [0.15, 0.2) is 18.2 Å². The Morgan fingerprint density at radius 3 is 2.87 bits per heavy atom. The van der Waals surface area contributed by atoms with Crippen LogP contribution < -0.4 is 10.1 Å². The minimum atomic E-state index is -0.00486. The number of hydrogen-bond donors (Lipinski definition) is 1. The second-order valence-electron chi connectivity index (χ2n) is 8.25. The van der Waals surface area contributed by atoms with Crippen LogP contribution in [0.1, 0.15) is 54.0 Å². The zero-order valence-corrected chi connectivity index (χ0v) is 18.4. The van der Waals surface area contributed by atoms with Crippen LogP contribution in [-0.4, -0.2) is 52.9 Å². The van der Waals surface area contributed by atoms with Gasteiger partial charge in [-0.1, -0.05) is 12.1 Å². The molecule has 1 amide bonds. The Kier molecular flexibility index (Phi) is 5.90. The van der Waals surface area contributed by atoms with E-state index in [2.05, 4.69) is 35.3 Å². The maximum atomic E-state index is 12.0. The van der Waals surface area contributed by atoms with E-state index in [-0.39, 0.29) is 11.9 Å². The smallest absolute Gasteiger partial charge is 0.220 e. The van der Waals surface area contributed by atoms with Gasteiger partial charge in [0, 0.05) is 57.7 Å². The molecule has 0 spiro atoms. The van der Waals surface area contributed by atoms with Crippen molar-refractivity contribution in [1.29, 1.82) is 0 Å². The van der Waals surface area contributed by atoms with Crippen LogP contribution in [0.4, 0.5) is 5.82 Å². The number of benzene rings is 1. The second-order valence-corrected chi connectivity index (χ2v) is 8.25. The number of carbonyl (C=O) groups excluding carboxylic acids is 1. The van der Waals surface area contributed by atoms with Crippen molar-refractivity contribution in [2.75, 3.05) is 32.6 Å². The summed E-state index contributed by atoms with van der Waals surface area (Å²) in [5.74, 6) is 2.69. The van der Waals surface area contributed by atoms with E-state index in [1.54, 1.807) is 14.0 Å². The molecule has 7 heteroatoms. The Morgan fingerprint density at radius 1 is 1.30 bits per heavy atom. The largest absolute Gasteiger partial charge is 0.496 e. The average molecular weight is 410 g/mol. The Balaban J connectivity index is 1.57. The number of likely N-dealkylation sites (tertiary alicyclic amines) is 1. The number of nitrogens with zero attached hydrogens (tertiary/aromatic N) is 4. The monoisotopic (exact) mass is 409 g/mol. The van der Waals surface area contributed by atoms with Gasteiger partial charge in [-0.05, 0) is 31.4 Å². The second kappa shape index (κ2) is 8.60. The molecule has 0 saturated carbocycles. The minimum Gasteiger partial charge on any atom is -0.496 e. The molecule has 0 unspecified atom stereocenters. The summed E-state index contributed by atoms with van der Waals surface area (Å²) in [6.45, 7) is 7.06. The van der Waals surface area contributed by atoms with Gasteiger partial charge < -0.3 is 15.0 Å². The third kappa shape index (κ3) is 3.99. The number of anilines is 1. The summed E-state index contributed by atoms with van der Waals surface area (Å²) in [6, 6.07) is 6.37. The highest BCUT2D eigenvalue weighted by Crippen LogP contribution is 2.33. The van der Waals surface area contributed by atoms with Gasteiger partial charge in [-0.15, -0.1) is 0 Å². The van der Waals surface area contributed by atoms with Crippen molar-refractivity contribution in [2.45, 2.75) is 52.2 Å². The number of rotatable bonds is 5. The summed E-state index contributed by atoms with van der Waals surface area (Å²) >= 11 is 0. The van der Waals surface area contributed by atoms with E-state index in [1.807, 2.05) is 11.9 Å². The molecule has 0 bridgehead atoms. The lowest BCUT2D eigenvalue weighted by Gasteiger charge is -2.31. The number of aryl methyl sites for hydroxylation is 1. The summed E-state index contributed by atoms with van der Waals surface area (Å²) in [7, 11) is 3.64. The van der Waals surface area contributed by atoms with Gasteiger partial charge in [0.1, 0.15) is 11.6 Å². The first kappa shape index (κ1) is 20.6. The molecule has 2 aliphatic heterocycles. The fourth-order valence-electron chi connectivity index (χ4n) is 4.62. The quantitative estimate of drug-likeness (QED) is 0.818. The minimum absolute atomic E-state index is 0.00486. The van der Waals surface area contributed by atoms with Crippen LogP contribution in [0.5, 0.6) is 5.75 Å². The average Bonchev–Trinajstić information content (AvgIpc) is 3.24. The van der Waals surface area contributed by atoms with Crippen molar-refractivity contribution in [1.82, 2.24) is 19.8 Å². The first-order valence-electron chi connectivity index (χ1n) is 10.7. The van der Waals surface area contributed by atoms with Crippen LogP contribution in [-0.2, 0) is 24.3 Å². The number of carbonyl (C=O) groups is 1. The molecule has 3 heterocycles. The van der Waals surface area contributed by atoms with Gasteiger partial charge in [-0.2, -0.15) is 0 Å². The molecule has 1 N–H and O–H groups in total. The number of amides is 1. The molecule has 1 saturated heterocycles. The lowest BCUT2D eigenvalue weighted by Crippen LogP contribution is -2.33. The van der Waals surface area contributed by atoms with Crippen molar-refractivity contribution < 1.29 is 9.53 Å². The van der Waals surface area contributed by atoms with E-state index in [9.17, 15) is 4.79 Å². The molecule has 0 aliphatic carbocycles. The highest BCUT2D eigenvalue weighted by molar-refractivity contribution is 5.74. The van der Waals surface area contributed by atoms with E-state index < -0.39 is 0 Å². The third-order valence-electron chi connectivity index (χ3n) is 6.19. The molecule has 4 rings (SSSR count). The maximum Gasteiger partial charge on any atom is 0.220 e. The first-order chi connectivity index (χ1) is 14.5. The number of ether oxygens (including phenoxy) is 1. The van der Waals surface area contributed by atoms with Crippen molar-refractivity contribution in [3.8, 4) is 5.75 Å². The standard InChI is InChI=1S/C23H31N5O2/c1-15-7-8-17(21(12-15)30-4)13-27-11-9-19-18(14-27)22(24-3)26-23(25-19)20-6-5-10-28(20)16(2)29/h7-8,12,20H,5-6,9-11,13-14H2,1-4H3,(H,24,25,26)/t20-/m0/s1. The summed E-state index contributed by atoms with van der Waals surface area (Å²) in [5, 5.41) is 3.27. The van der Waals surface area contributed by atoms with Crippen molar-refractivity contribution >= 4 is 11.7 Å². The highest BCUT2D eigenvalue weighted by atomic mass is 16.5. The predicted molar refractivity (Wildman–Crippen MR) is 116 cm³/mol. The normalized spacial score (nSPS) is 18.9. The molecule has 7 nitrogen and oxygen atoms in total. The van der Waals surface area contributed by atoms with E-state index in [0.717, 1.165) is 74.1 Å². The van der Waals surface area contributed by atoms with Gasteiger partial charge in [-0.25, -0.2) is 9.97 Å². The van der Waals surface area contributed by atoms with Gasteiger partial charge in [0.2, 0.25) is 5.91 Å². The van der Waals surface area contributed by atoms with E-state index in [4.69, 9.17) is 14.7 Å². The Morgan fingerprint density at radius 2 is 2.13 bits per heavy atom. The van der Waals surface area contributed by atoms with Gasteiger partial charge >= 0.3 is 0 Å². The Bertz CT molecular complexity index is 928. The fraction of sp³-hybridized carbons (Fsp3) is 0.522. The first-order valence-corrected chi connectivity index (χ1v) is 10.7. The lowest BCUT2D eigenvalue weighted by atomic mass is 10.0. The summed E-state index contributed by atoms with van der Waals surface area (Å²) in [6.07, 6.45) is 2.81. The summed E-state index contributed by atoms with van der Waals surface area (Å²) in [4.78, 5) is 26.1. The molecule has 160 valence electrons. The highest BCUT2D eigenvalue weighted by Gasteiger charge is 2.32. The number of nitrogens with one attached hydrogen (secondary N) is 1. The van der Waals surface area contributed by atoms with Crippen LogP contribution in [0, 0.1) is 6.92 Å². The van der Waals surface area contributed by atoms with Gasteiger partial charge in [-0.3, -0.25) is 9.69 Å². The molecule has 0 radical (unpaired) electrons. The molecule has 1 atom stereocenters. The van der Waals surface area contributed by atoms with Crippen LogP contribution in [0.2, 0.25) is 0 Å². The molecule has 1 aromatic carbocycles. The topological polar surface area (TPSA) is 70.6 Å². The SMILES string of the molecule is CNc1nc([C@@H]2CCCN2C(C)=O)nc2c1CN(Cc1ccc(C)cc1OC)CC2. The van der Waals surface area contributed by atoms with Crippen molar-refractivity contribution in [3.63, 3.8) is 0 Å². The molecule has 2 aliphatic rings. The Labute approximate surface area is 178 Å². The van der Waals surface area contributed by atoms with Crippen LogP contribution in [0.25, 0.3) is 0 Å². The number of methoxy groups -OCH3 is 1. The van der Waals surface area contributed by atoms with Crippen LogP contribution in [0.3, 0.4) is 0 Å². The molecule has 2 aromatic rings. The summed E-state index contributed by atoms with van der Waals surface area (Å²) in [5.41, 5.74) is 4.65. The number of aromatic nitrogens is 2. The van der Waals surface area contributed by atoms with E-state index in [1.165, 1.54) is 11.1 Å². The molecule has 30 heavy (non-hydrogen) atoms. The predicted octanol–water partition coefficient (Wildman–Crippen LogP) is 3.08. The number of hydrogen-bond acceptors (Lipinski definition) is 6. The van der Waals surface area contributed by atoms with E-state index in [0.29, 0.717) is 0 Å². The maximum absolute atomic E-state index is 12.0. The molecule has 1 aromatic heterocycles. The van der Waals surface area contributed by atoms with Gasteiger partial charge in [0.05, 0.1) is 18.8 Å². The zero-order chi connectivity index (χ0) is 21.3. The zero-order valence-electron chi connectivity index (χ0n) is 18.4. The molecular weight excluding hydrogens is 378 g/mol.